The highest BCUT2D eigenvalue weighted by molar-refractivity contribution is 4.74. The molecule has 3 atom stereocenters. The van der Waals surface area contributed by atoms with Crippen LogP contribution in [0.15, 0.2) is 0 Å². The molecular formula is C13H32N4. The molecule has 17 heavy (non-hydrogen) atoms. The monoisotopic (exact) mass is 244 g/mol. The molecule has 104 valence electrons. The molecule has 0 spiro atoms. The highest BCUT2D eigenvalue weighted by atomic mass is 15.2. The molecule has 4 N–H and O–H groups in total. The number of nitrogens with zero attached hydrogens (tertiary/aromatic N) is 1. The summed E-state index contributed by atoms with van der Waals surface area (Å²) < 4.78 is 0. The summed E-state index contributed by atoms with van der Waals surface area (Å²) in [6.07, 6.45) is 0. The van der Waals surface area contributed by atoms with Gasteiger partial charge in [0, 0.05) is 37.8 Å². The van der Waals surface area contributed by atoms with E-state index in [-0.39, 0.29) is 6.04 Å². The topological polar surface area (TPSA) is 53.3 Å². The van der Waals surface area contributed by atoms with Gasteiger partial charge in [-0.1, -0.05) is 13.8 Å². The molecular weight excluding hydrogens is 212 g/mol. The van der Waals surface area contributed by atoms with E-state index in [1.165, 1.54) is 0 Å². The zero-order valence-electron chi connectivity index (χ0n) is 12.3. The third-order valence-electron chi connectivity index (χ3n) is 3.02. The minimum atomic E-state index is 0.228. The Morgan fingerprint density at radius 3 is 2.24 bits per heavy atom. The average molecular weight is 244 g/mol. The van der Waals surface area contributed by atoms with Crippen molar-refractivity contribution in [3.8, 4) is 0 Å². The normalized spacial score (nSPS) is 17.1. The Balaban J connectivity index is 3.92. The summed E-state index contributed by atoms with van der Waals surface area (Å²) in [7, 11) is 0. The van der Waals surface area contributed by atoms with Crippen LogP contribution in [0.2, 0.25) is 0 Å². The van der Waals surface area contributed by atoms with Gasteiger partial charge >= 0.3 is 0 Å². The van der Waals surface area contributed by atoms with Gasteiger partial charge in [-0.25, -0.2) is 0 Å². The molecule has 0 saturated carbocycles. The highest BCUT2D eigenvalue weighted by Crippen LogP contribution is 1.99. The molecule has 0 aromatic carbocycles. The first kappa shape index (κ1) is 16.8. The second-order valence-electron chi connectivity index (χ2n) is 5.03. The maximum absolute atomic E-state index is 5.74. The largest absolute Gasteiger partial charge is 0.327 e. The van der Waals surface area contributed by atoms with Gasteiger partial charge in [0.2, 0.25) is 0 Å². The van der Waals surface area contributed by atoms with Crippen LogP contribution in [0.5, 0.6) is 0 Å². The van der Waals surface area contributed by atoms with E-state index in [1.54, 1.807) is 0 Å². The van der Waals surface area contributed by atoms with Crippen LogP contribution >= 0.6 is 0 Å². The fourth-order valence-electron chi connectivity index (χ4n) is 1.91. The van der Waals surface area contributed by atoms with Crippen LogP contribution in [-0.4, -0.2) is 55.7 Å². The molecule has 0 aliphatic rings. The van der Waals surface area contributed by atoms with Gasteiger partial charge in [-0.2, -0.15) is 0 Å². The van der Waals surface area contributed by atoms with Crippen molar-refractivity contribution in [2.24, 2.45) is 5.73 Å². The van der Waals surface area contributed by atoms with Gasteiger partial charge in [-0.3, -0.25) is 4.90 Å². The first-order valence-electron chi connectivity index (χ1n) is 6.94. The van der Waals surface area contributed by atoms with Gasteiger partial charge in [-0.15, -0.1) is 0 Å². The van der Waals surface area contributed by atoms with Crippen LogP contribution in [0.25, 0.3) is 0 Å². The number of rotatable bonds is 10. The molecule has 0 aromatic rings. The first-order valence-corrected chi connectivity index (χ1v) is 6.94. The molecule has 4 heteroatoms. The SMILES string of the molecule is CCNCC(C)N(CC)CC(C)NCC(C)N. The van der Waals surface area contributed by atoms with Gasteiger partial charge < -0.3 is 16.4 Å². The van der Waals surface area contributed by atoms with Crippen LogP contribution in [0.4, 0.5) is 0 Å². The lowest BCUT2D eigenvalue weighted by Gasteiger charge is -2.31. The maximum Gasteiger partial charge on any atom is 0.0192 e. The quantitative estimate of drug-likeness (QED) is 0.528. The summed E-state index contributed by atoms with van der Waals surface area (Å²) in [4.78, 5) is 2.50. The second kappa shape index (κ2) is 9.83. The second-order valence-corrected chi connectivity index (χ2v) is 5.03. The van der Waals surface area contributed by atoms with Gasteiger partial charge in [0.15, 0.2) is 0 Å². The van der Waals surface area contributed by atoms with E-state index in [0.29, 0.717) is 12.1 Å². The standard InChI is InChI=1S/C13H32N4/c1-6-15-9-13(5)17(7-2)10-12(4)16-8-11(3)14/h11-13,15-16H,6-10,14H2,1-5H3. The van der Waals surface area contributed by atoms with E-state index >= 15 is 0 Å². The van der Waals surface area contributed by atoms with E-state index < -0.39 is 0 Å². The van der Waals surface area contributed by atoms with Crippen LogP contribution in [0.3, 0.4) is 0 Å². The minimum absolute atomic E-state index is 0.228. The van der Waals surface area contributed by atoms with Crippen molar-refractivity contribution in [2.75, 3.05) is 32.7 Å². The molecule has 0 bridgehead atoms. The third kappa shape index (κ3) is 8.55. The fraction of sp³-hybridized carbons (Fsp3) is 1.00. The van der Waals surface area contributed by atoms with Crippen molar-refractivity contribution in [1.82, 2.24) is 15.5 Å². The molecule has 0 radical (unpaired) electrons. The predicted molar refractivity (Wildman–Crippen MR) is 76.4 cm³/mol. The average Bonchev–Trinajstić information content (AvgIpc) is 2.30. The summed E-state index contributed by atoms with van der Waals surface area (Å²) in [6.45, 7) is 16.1. The number of nitrogens with one attached hydrogen (secondary N) is 2. The lowest BCUT2D eigenvalue weighted by molar-refractivity contribution is 0.196. The molecule has 0 saturated heterocycles. The first-order chi connectivity index (χ1) is 8.01. The molecule has 0 heterocycles. The zero-order chi connectivity index (χ0) is 13.3. The Morgan fingerprint density at radius 1 is 1.12 bits per heavy atom. The smallest absolute Gasteiger partial charge is 0.0192 e. The molecule has 0 rings (SSSR count). The lowest BCUT2D eigenvalue weighted by Crippen LogP contribution is -2.48. The Morgan fingerprint density at radius 2 is 1.76 bits per heavy atom. The summed E-state index contributed by atoms with van der Waals surface area (Å²) >= 11 is 0. The van der Waals surface area contributed by atoms with Crippen molar-refractivity contribution < 1.29 is 0 Å². The van der Waals surface area contributed by atoms with Gasteiger partial charge in [0.05, 0.1) is 0 Å². The summed E-state index contributed by atoms with van der Waals surface area (Å²) in [5, 5.41) is 6.87. The molecule has 0 fully saturated rings. The van der Waals surface area contributed by atoms with E-state index in [1.807, 2.05) is 6.92 Å². The summed E-state index contributed by atoms with van der Waals surface area (Å²) in [5.41, 5.74) is 5.74. The van der Waals surface area contributed by atoms with E-state index in [4.69, 9.17) is 5.73 Å². The maximum atomic E-state index is 5.74. The number of nitrogens with two attached hydrogens (primary N) is 1. The Hall–Kier alpha value is -0.160. The van der Waals surface area contributed by atoms with E-state index in [0.717, 1.165) is 32.7 Å². The predicted octanol–water partition coefficient (Wildman–Crippen LogP) is 0.632. The van der Waals surface area contributed by atoms with Gasteiger partial charge in [-0.05, 0) is 33.9 Å². The molecule has 4 nitrogen and oxygen atoms in total. The van der Waals surface area contributed by atoms with Crippen molar-refractivity contribution in [3.63, 3.8) is 0 Å². The third-order valence-corrected chi connectivity index (χ3v) is 3.02. The summed E-state index contributed by atoms with van der Waals surface area (Å²) in [5.74, 6) is 0. The van der Waals surface area contributed by atoms with Crippen molar-refractivity contribution in [3.05, 3.63) is 0 Å². The lowest BCUT2D eigenvalue weighted by atomic mass is 10.2. The van der Waals surface area contributed by atoms with Crippen molar-refractivity contribution in [1.29, 1.82) is 0 Å². The zero-order valence-corrected chi connectivity index (χ0v) is 12.3. The number of hydrogen-bond acceptors (Lipinski definition) is 4. The summed E-state index contributed by atoms with van der Waals surface area (Å²) in [6, 6.07) is 1.30. The minimum Gasteiger partial charge on any atom is -0.327 e. The van der Waals surface area contributed by atoms with Crippen LogP contribution < -0.4 is 16.4 Å². The number of likely N-dealkylation sites (N-methyl/N-ethyl adjacent to an activating group) is 2. The molecule has 3 unspecified atom stereocenters. The Labute approximate surface area is 107 Å². The van der Waals surface area contributed by atoms with Crippen molar-refractivity contribution >= 4 is 0 Å². The Bertz CT molecular complexity index is 173. The van der Waals surface area contributed by atoms with Crippen molar-refractivity contribution in [2.45, 2.75) is 52.7 Å². The molecule has 0 amide bonds. The van der Waals surface area contributed by atoms with Crippen LogP contribution in [0, 0.1) is 0 Å². The molecule has 0 aromatic heterocycles. The van der Waals surface area contributed by atoms with Gasteiger partial charge in [0.25, 0.3) is 0 Å². The highest BCUT2D eigenvalue weighted by Gasteiger charge is 2.14. The number of hydrogen-bond donors (Lipinski definition) is 3. The van der Waals surface area contributed by atoms with E-state index in [2.05, 4.69) is 43.2 Å². The molecule has 0 aliphatic carbocycles. The molecule has 0 aliphatic heterocycles. The Kier molecular flexibility index (Phi) is 9.74. The fourth-order valence-corrected chi connectivity index (χ4v) is 1.91. The van der Waals surface area contributed by atoms with Crippen LogP contribution in [-0.2, 0) is 0 Å². The van der Waals surface area contributed by atoms with Gasteiger partial charge in [0.1, 0.15) is 0 Å². The van der Waals surface area contributed by atoms with Crippen LogP contribution in [0.1, 0.15) is 34.6 Å². The van der Waals surface area contributed by atoms with E-state index in [9.17, 15) is 0 Å².